The monoisotopic (exact) mass is 305 g/mol. The molecule has 1 heterocycles. The first-order chi connectivity index (χ1) is 10.6. The lowest BCUT2D eigenvalue weighted by Crippen LogP contribution is -2.41. The van der Waals surface area contributed by atoms with E-state index in [1.807, 2.05) is 30.3 Å². The molecule has 1 aliphatic rings. The van der Waals surface area contributed by atoms with Crippen LogP contribution in [0.25, 0.3) is 0 Å². The van der Waals surface area contributed by atoms with E-state index in [2.05, 4.69) is 6.58 Å². The van der Waals surface area contributed by atoms with E-state index in [1.165, 1.54) is 11.0 Å². The Bertz CT molecular complexity index is 531. The first-order valence-corrected chi connectivity index (χ1v) is 7.04. The van der Waals surface area contributed by atoms with Crippen LogP contribution in [0.4, 0.5) is 4.79 Å². The van der Waals surface area contributed by atoms with E-state index in [0.717, 1.165) is 5.56 Å². The molecule has 118 valence electrons. The summed E-state index contributed by atoms with van der Waals surface area (Å²) in [4.78, 5) is 24.4. The fourth-order valence-electron chi connectivity index (χ4n) is 2.36. The summed E-state index contributed by atoms with van der Waals surface area (Å²) in [6.45, 7) is 4.10. The number of benzene rings is 1. The molecule has 0 aliphatic carbocycles. The van der Waals surface area contributed by atoms with Crippen molar-refractivity contribution in [3.05, 3.63) is 48.6 Å². The second-order valence-corrected chi connectivity index (χ2v) is 5.03. The van der Waals surface area contributed by atoms with Gasteiger partial charge in [-0.3, -0.25) is 4.90 Å². The van der Waals surface area contributed by atoms with Crippen molar-refractivity contribution >= 4 is 12.1 Å². The number of carbonyl (C=O) groups excluding carboxylic acids is 1. The number of hydrogen-bond acceptors (Lipinski definition) is 4. The van der Waals surface area contributed by atoms with Gasteiger partial charge in [0.15, 0.2) is 0 Å². The lowest BCUT2D eigenvalue weighted by Gasteiger charge is -2.20. The highest BCUT2D eigenvalue weighted by Crippen LogP contribution is 2.22. The van der Waals surface area contributed by atoms with E-state index >= 15 is 0 Å². The number of rotatable bonds is 6. The number of ether oxygens (including phenoxy) is 2. The summed E-state index contributed by atoms with van der Waals surface area (Å²) < 4.78 is 10.6. The summed E-state index contributed by atoms with van der Waals surface area (Å²) in [5.41, 5.74) is 1.00. The molecule has 1 unspecified atom stereocenters. The van der Waals surface area contributed by atoms with Gasteiger partial charge in [0.1, 0.15) is 12.6 Å². The maximum atomic E-state index is 11.9. The third-order valence-electron chi connectivity index (χ3n) is 3.44. The van der Waals surface area contributed by atoms with Gasteiger partial charge >= 0.3 is 12.1 Å². The molecule has 1 aromatic carbocycles. The summed E-state index contributed by atoms with van der Waals surface area (Å²) in [5.74, 6) is -1.05. The number of hydrogen-bond donors (Lipinski definition) is 1. The van der Waals surface area contributed by atoms with E-state index in [0.29, 0.717) is 6.61 Å². The van der Waals surface area contributed by atoms with Gasteiger partial charge in [-0.15, -0.1) is 0 Å². The summed E-state index contributed by atoms with van der Waals surface area (Å²) in [5, 5.41) is 9.24. The maximum absolute atomic E-state index is 11.9. The molecule has 1 fully saturated rings. The van der Waals surface area contributed by atoms with Crippen molar-refractivity contribution in [3.63, 3.8) is 0 Å². The van der Waals surface area contributed by atoms with Crippen molar-refractivity contribution in [1.29, 1.82) is 0 Å². The SMILES string of the molecule is C=CCOC(=O)N1CC(OCc2ccccc2)C[C@H]1C(=O)O. The third kappa shape index (κ3) is 4.08. The Labute approximate surface area is 128 Å². The smallest absolute Gasteiger partial charge is 0.410 e. The molecule has 1 amide bonds. The standard InChI is InChI=1S/C16H19NO5/c1-2-8-21-16(20)17-10-13(9-14(17)15(18)19)22-11-12-6-4-3-5-7-12/h2-7,13-14H,1,8-11H2,(H,18,19)/t13?,14-/m0/s1. The lowest BCUT2D eigenvalue weighted by atomic mass is 10.2. The average molecular weight is 305 g/mol. The van der Waals surface area contributed by atoms with Crippen molar-refractivity contribution in [1.82, 2.24) is 4.90 Å². The predicted octanol–water partition coefficient (Wildman–Crippen LogP) is 2.05. The van der Waals surface area contributed by atoms with E-state index in [1.54, 1.807) is 0 Å². The third-order valence-corrected chi connectivity index (χ3v) is 3.44. The van der Waals surface area contributed by atoms with Gasteiger partial charge in [0.2, 0.25) is 0 Å². The second kappa shape index (κ2) is 7.61. The van der Waals surface area contributed by atoms with Gasteiger partial charge in [-0.1, -0.05) is 43.0 Å². The zero-order chi connectivity index (χ0) is 15.9. The highest BCUT2D eigenvalue weighted by Gasteiger charge is 2.41. The van der Waals surface area contributed by atoms with Gasteiger partial charge < -0.3 is 14.6 Å². The number of nitrogens with zero attached hydrogens (tertiary/aromatic N) is 1. The number of carboxylic acid groups (broad SMARTS) is 1. The maximum Gasteiger partial charge on any atom is 0.410 e. The van der Waals surface area contributed by atoms with Crippen LogP contribution in [0.5, 0.6) is 0 Å². The molecular weight excluding hydrogens is 286 g/mol. The Morgan fingerprint density at radius 1 is 1.36 bits per heavy atom. The molecule has 6 nitrogen and oxygen atoms in total. The Morgan fingerprint density at radius 2 is 2.09 bits per heavy atom. The Balaban J connectivity index is 1.93. The molecule has 0 spiro atoms. The molecule has 1 saturated heterocycles. The number of carboxylic acids is 1. The van der Waals surface area contributed by atoms with Crippen LogP contribution in [0, 0.1) is 0 Å². The first kappa shape index (κ1) is 16.0. The molecule has 0 bridgehead atoms. The van der Waals surface area contributed by atoms with Crippen LogP contribution < -0.4 is 0 Å². The molecule has 0 radical (unpaired) electrons. The predicted molar refractivity (Wildman–Crippen MR) is 79.3 cm³/mol. The molecule has 2 rings (SSSR count). The average Bonchev–Trinajstić information content (AvgIpc) is 2.96. The lowest BCUT2D eigenvalue weighted by molar-refractivity contribution is -0.141. The zero-order valence-corrected chi connectivity index (χ0v) is 12.2. The van der Waals surface area contributed by atoms with Crippen molar-refractivity contribution < 1.29 is 24.2 Å². The second-order valence-electron chi connectivity index (χ2n) is 5.03. The summed E-state index contributed by atoms with van der Waals surface area (Å²) in [7, 11) is 0. The molecule has 6 heteroatoms. The minimum Gasteiger partial charge on any atom is -0.480 e. The van der Waals surface area contributed by atoms with Crippen molar-refractivity contribution in [2.24, 2.45) is 0 Å². The van der Waals surface area contributed by atoms with Crippen LogP contribution in [0.2, 0.25) is 0 Å². The minimum absolute atomic E-state index is 0.0528. The van der Waals surface area contributed by atoms with Crippen LogP contribution in [0.1, 0.15) is 12.0 Å². The van der Waals surface area contributed by atoms with E-state index in [-0.39, 0.29) is 25.7 Å². The molecular formula is C16H19NO5. The molecule has 0 aromatic heterocycles. The minimum atomic E-state index is -1.05. The molecule has 1 aliphatic heterocycles. The van der Waals surface area contributed by atoms with Crippen LogP contribution in [0.15, 0.2) is 43.0 Å². The number of aliphatic carboxylic acids is 1. The van der Waals surface area contributed by atoms with E-state index < -0.39 is 18.1 Å². The quantitative estimate of drug-likeness (QED) is 0.814. The van der Waals surface area contributed by atoms with Gasteiger partial charge in [0.25, 0.3) is 0 Å². The van der Waals surface area contributed by atoms with Crippen molar-refractivity contribution in [2.75, 3.05) is 13.2 Å². The van der Waals surface area contributed by atoms with E-state index in [9.17, 15) is 14.7 Å². The van der Waals surface area contributed by atoms with Crippen LogP contribution in [-0.2, 0) is 20.9 Å². The number of amides is 1. The Morgan fingerprint density at radius 3 is 2.73 bits per heavy atom. The fraction of sp³-hybridized carbons (Fsp3) is 0.375. The zero-order valence-electron chi connectivity index (χ0n) is 12.2. The first-order valence-electron chi connectivity index (χ1n) is 7.04. The largest absolute Gasteiger partial charge is 0.480 e. The van der Waals surface area contributed by atoms with Crippen molar-refractivity contribution in [3.8, 4) is 0 Å². The number of carbonyl (C=O) groups is 2. The summed E-state index contributed by atoms with van der Waals surface area (Å²) in [6, 6.07) is 8.67. The Kier molecular flexibility index (Phi) is 5.55. The molecule has 1 aromatic rings. The number of likely N-dealkylation sites (tertiary alicyclic amines) is 1. The van der Waals surface area contributed by atoms with Gasteiger partial charge in [-0.05, 0) is 5.56 Å². The topological polar surface area (TPSA) is 76.1 Å². The van der Waals surface area contributed by atoms with Gasteiger partial charge in [0, 0.05) is 6.42 Å². The van der Waals surface area contributed by atoms with Gasteiger partial charge in [-0.2, -0.15) is 0 Å². The van der Waals surface area contributed by atoms with Crippen molar-refractivity contribution in [2.45, 2.75) is 25.2 Å². The Hall–Kier alpha value is -2.34. The highest BCUT2D eigenvalue weighted by molar-refractivity contribution is 5.80. The van der Waals surface area contributed by atoms with Crippen LogP contribution >= 0.6 is 0 Å². The molecule has 22 heavy (non-hydrogen) atoms. The van der Waals surface area contributed by atoms with Crippen LogP contribution in [-0.4, -0.2) is 47.4 Å². The normalized spacial score (nSPS) is 20.6. The fourth-order valence-corrected chi connectivity index (χ4v) is 2.36. The van der Waals surface area contributed by atoms with E-state index in [4.69, 9.17) is 9.47 Å². The molecule has 2 atom stereocenters. The van der Waals surface area contributed by atoms with Gasteiger partial charge in [0.05, 0.1) is 19.3 Å². The van der Waals surface area contributed by atoms with Crippen LogP contribution in [0.3, 0.4) is 0 Å². The summed E-state index contributed by atoms with van der Waals surface area (Å²) >= 11 is 0. The molecule has 0 saturated carbocycles. The highest BCUT2D eigenvalue weighted by atomic mass is 16.6. The van der Waals surface area contributed by atoms with Gasteiger partial charge in [-0.25, -0.2) is 9.59 Å². The molecule has 1 N–H and O–H groups in total. The summed E-state index contributed by atoms with van der Waals surface area (Å²) in [6.07, 6.45) is 0.717.